The number of rotatable bonds is 4. The van der Waals surface area contributed by atoms with Crippen LogP contribution in [-0.2, 0) is 11.3 Å². The van der Waals surface area contributed by atoms with Crippen molar-refractivity contribution in [3.8, 4) is 12.3 Å². The molecule has 0 radical (unpaired) electrons. The number of imidazole rings is 1. The predicted octanol–water partition coefficient (Wildman–Crippen LogP) is -2.73. The molecule has 11 nitrogen and oxygen atoms in total. The van der Waals surface area contributed by atoms with E-state index >= 15 is 0 Å². The number of ether oxygens (including phenoxy) is 1. The molecule has 1 fully saturated rings. The number of nitrogens with zero attached hydrogens (tertiary/aromatic N) is 4. The van der Waals surface area contributed by atoms with Crippen LogP contribution < -0.4 is 22.8 Å². The molecular weight excluding hydrogens is 351 g/mol. The molecule has 12 heteroatoms. The number of halogens is 1. The van der Waals surface area contributed by atoms with Gasteiger partial charge in [0, 0.05) is 6.61 Å². The standard InChI is InChI=1S/C14H17FN6O5/c1-2-4-19-8-10(18-13(16)21(17)11(8)24)20(14(19)25)12-9(23)7(15)6(26-12)3-5-22/h1,6-7,9,12,22-23H,3-5,17H2,(H2,16,18)/t6-,7+,9-,12-/m1/s1. The van der Waals surface area contributed by atoms with E-state index in [2.05, 4.69) is 10.9 Å². The first kappa shape index (κ1) is 17.9. The number of hydrogen-bond acceptors (Lipinski definition) is 8. The number of terminal acetylenes is 1. The second-order valence-electron chi connectivity index (χ2n) is 5.77. The van der Waals surface area contributed by atoms with Gasteiger partial charge in [-0.05, 0) is 6.42 Å². The Morgan fingerprint density at radius 2 is 2.12 bits per heavy atom. The number of anilines is 1. The van der Waals surface area contributed by atoms with Crippen molar-refractivity contribution in [1.29, 1.82) is 0 Å². The Morgan fingerprint density at radius 3 is 2.73 bits per heavy atom. The van der Waals surface area contributed by atoms with E-state index in [0.717, 1.165) is 9.13 Å². The van der Waals surface area contributed by atoms with Crippen LogP contribution in [0.4, 0.5) is 10.3 Å². The molecule has 0 amide bonds. The highest BCUT2D eigenvalue weighted by Gasteiger charge is 2.46. The lowest BCUT2D eigenvalue weighted by molar-refractivity contribution is -0.0422. The molecule has 1 aliphatic heterocycles. The molecule has 2 aromatic rings. The Morgan fingerprint density at radius 1 is 1.42 bits per heavy atom. The van der Waals surface area contributed by atoms with Crippen LogP contribution in [0, 0.1) is 12.3 Å². The fraction of sp³-hybridized carbons (Fsp3) is 0.500. The van der Waals surface area contributed by atoms with Crippen LogP contribution >= 0.6 is 0 Å². The third kappa shape index (κ3) is 2.45. The predicted molar refractivity (Wildman–Crippen MR) is 88.2 cm³/mol. The van der Waals surface area contributed by atoms with Crippen LogP contribution in [0.3, 0.4) is 0 Å². The van der Waals surface area contributed by atoms with Gasteiger partial charge in [0.1, 0.15) is 6.10 Å². The van der Waals surface area contributed by atoms with Gasteiger partial charge in [-0.3, -0.25) is 9.36 Å². The van der Waals surface area contributed by atoms with Crippen molar-refractivity contribution in [2.24, 2.45) is 0 Å². The summed E-state index contributed by atoms with van der Waals surface area (Å²) in [5.74, 6) is 7.33. The summed E-state index contributed by atoms with van der Waals surface area (Å²) in [6.07, 6.45) is -1.03. The monoisotopic (exact) mass is 368 g/mol. The Labute approximate surface area is 145 Å². The summed E-state index contributed by atoms with van der Waals surface area (Å²) in [7, 11) is 0. The molecule has 140 valence electrons. The van der Waals surface area contributed by atoms with E-state index in [4.69, 9.17) is 27.8 Å². The molecule has 2 aromatic heterocycles. The number of nitrogens with two attached hydrogens (primary N) is 2. The zero-order valence-corrected chi connectivity index (χ0v) is 13.4. The molecular formula is C14H17FN6O5. The van der Waals surface area contributed by atoms with Crippen LogP contribution in [0.2, 0.25) is 0 Å². The first-order valence-corrected chi connectivity index (χ1v) is 7.63. The summed E-state index contributed by atoms with van der Waals surface area (Å²) < 4.78 is 21.9. The lowest BCUT2D eigenvalue weighted by Gasteiger charge is -2.15. The smallest absolute Gasteiger partial charge is 0.333 e. The summed E-state index contributed by atoms with van der Waals surface area (Å²) in [5, 5.41) is 19.1. The van der Waals surface area contributed by atoms with Gasteiger partial charge in [-0.15, -0.1) is 6.42 Å². The third-order valence-corrected chi connectivity index (χ3v) is 4.24. The van der Waals surface area contributed by atoms with Crippen LogP contribution in [0.15, 0.2) is 9.59 Å². The maximum absolute atomic E-state index is 14.2. The van der Waals surface area contributed by atoms with Gasteiger partial charge >= 0.3 is 5.69 Å². The van der Waals surface area contributed by atoms with E-state index < -0.39 is 41.8 Å². The van der Waals surface area contributed by atoms with Crippen molar-refractivity contribution in [1.82, 2.24) is 18.8 Å². The second-order valence-corrected chi connectivity index (χ2v) is 5.77. The van der Waals surface area contributed by atoms with E-state index in [1.807, 2.05) is 0 Å². The van der Waals surface area contributed by atoms with E-state index in [9.17, 15) is 19.1 Å². The van der Waals surface area contributed by atoms with Crippen molar-refractivity contribution >= 4 is 17.1 Å². The SMILES string of the molecule is C#CCn1c(=O)n([C@@H]2O[C@H](CCO)[C@H](F)[C@H]2O)c2nc(N)n(N)c(=O)c21. The number of aromatic nitrogens is 4. The quantitative estimate of drug-likeness (QED) is 0.334. The molecule has 26 heavy (non-hydrogen) atoms. The molecule has 1 saturated heterocycles. The van der Waals surface area contributed by atoms with Gasteiger partial charge in [-0.1, -0.05) is 5.92 Å². The lowest BCUT2D eigenvalue weighted by atomic mass is 10.1. The highest BCUT2D eigenvalue weighted by Crippen LogP contribution is 2.33. The van der Waals surface area contributed by atoms with E-state index in [1.54, 1.807) is 0 Å². The molecule has 0 saturated carbocycles. The molecule has 4 atom stereocenters. The van der Waals surface area contributed by atoms with Gasteiger partial charge in [0.05, 0.1) is 12.6 Å². The number of hydrogen-bond donors (Lipinski definition) is 4. The molecule has 0 aliphatic carbocycles. The number of aliphatic hydroxyl groups excluding tert-OH is 2. The molecule has 0 aromatic carbocycles. The van der Waals surface area contributed by atoms with Crippen LogP contribution in [-0.4, -0.2) is 54.0 Å². The summed E-state index contributed by atoms with van der Waals surface area (Å²) >= 11 is 0. The van der Waals surface area contributed by atoms with E-state index in [1.165, 1.54) is 0 Å². The third-order valence-electron chi connectivity index (χ3n) is 4.24. The number of aliphatic hydroxyl groups is 2. The van der Waals surface area contributed by atoms with E-state index in [-0.39, 0.29) is 30.7 Å². The Bertz CT molecular complexity index is 1000. The average Bonchev–Trinajstić information content (AvgIpc) is 3.02. The second kappa shape index (κ2) is 6.45. The van der Waals surface area contributed by atoms with Crippen LogP contribution in [0.25, 0.3) is 11.2 Å². The average molecular weight is 368 g/mol. The zero-order valence-electron chi connectivity index (χ0n) is 13.4. The fourth-order valence-corrected chi connectivity index (χ4v) is 3.00. The lowest BCUT2D eigenvalue weighted by Crippen LogP contribution is -2.34. The first-order chi connectivity index (χ1) is 12.3. The topological polar surface area (TPSA) is 164 Å². The molecule has 0 unspecified atom stereocenters. The Kier molecular flexibility index (Phi) is 4.45. The molecule has 0 bridgehead atoms. The van der Waals surface area contributed by atoms with Gasteiger partial charge in [0.25, 0.3) is 5.56 Å². The van der Waals surface area contributed by atoms with Crippen molar-refractivity contribution in [3.63, 3.8) is 0 Å². The summed E-state index contributed by atoms with van der Waals surface area (Å²) in [6.45, 7) is -0.660. The summed E-state index contributed by atoms with van der Waals surface area (Å²) in [5.41, 5.74) is 3.41. The van der Waals surface area contributed by atoms with Crippen molar-refractivity contribution in [2.45, 2.75) is 37.6 Å². The Balaban J connectivity index is 2.28. The molecule has 3 rings (SSSR count). The Hall–Kier alpha value is -2.88. The van der Waals surface area contributed by atoms with Gasteiger partial charge < -0.3 is 26.5 Å². The van der Waals surface area contributed by atoms with Crippen LogP contribution in [0.1, 0.15) is 12.6 Å². The van der Waals surface area contributed by atoms with Crippen molar-refractivity contribution in [3.05, 3.63) is 20.8 Å². The van der Waals surface area contributed by atoms with Crippen LogP contribution in [0.5, 0.6) is 0 Å². The highest BCUT2D eigenvalue weighted by molar-refractivity contribution is 5.72. The minimum Gasteiger partial charge on any atom is -0.396 e. The van der Waals surface area contributed by atoms with Crippen molar-refractivity contribution in [2.75, 3.05) is 18.2 Å². The number of fused-ring (bicyclic) bond motifs is 1. The largest absolute Gasteiger partial charge is 0.396 e. The van der Waals surface area contributed by atoms with Gasteiger partial charge in [-0.2, -0.15) is 9.66 Å². The summed E-state index contributed by atoms with van der Waals surface area (Å²) in [6, 6.07) is 0. The first-order valence-electron chi connectivity index (χ1n) is 7.63. The molecule has 6 N–H and O–H groups in total. The van der Waals surface area contributed by atoms with Gasteiger partial charge in [0.2, 0.25) is 5.95 Å². The maximum atomic E-state index is 14.2. The van der Waals surface area contributed by atoms with Crippen molar-refractivity contribution < 1.29 is 19.3 Å². The van der Waals surface area contributed by atoms with Gasteiger partial charge in [-0.25, -0.2) is 13.8 Å². The summed E-state index contributed by atoms with van der Waals surface area (Å²) in [4.78, 5) is 29.1. The minimum absolute atomic E-state index is 0.0857. The van der Waals surface area contributed by atoms with E-state index in [0.29, 0.717) is 4.68 Å². The minimum atomic E-state index is -1.85. The zero-order chi connectivity index (χ0) is 19.2. The fourth-order valence-electron chi connectivity index (χ4n) is 3.00. The van der Waals surface area contributed by atoms with Gasteiger partial charge in [0.15, 0.2) is 23.6 Å². The number of nitrogen functional groups attached to an aromatic ring is 2. The molecule has 1 aliphatic rings. The highest BCUT2D eigenvalue weighted by atomic mass is 19.1. The molecule has 0 spiro atoms. The molecule has 3 heterocycles. The normalized spacial score (nSPS) is 25.6. The maximum Gasteiger partial charge on any atom is 0.333 e. The number of alkyl halides is 1.